The fourth-order valence-corrected chi connectivity index (χ4v) is 2.88. The van der Waals surface area contributed by atoms with Crippen LogP contribution in [-0.4, -0.2) is 22.3 Å². The maximum atomic E-state index is 12.5. The molecule has 9 heteroatoms. The standard InChI is InChI=1S/C18H13Cl2F2N3O2/c1-10-14(9-23-25(10)13-4-2-3-11(19)7-13)17(26)24-12-5-6-16(15(20)8-12)27-18(21)22/h2-9,18H,1H3,(H,24,26). The van der Waals surface area contributed by atoms with Gasteiger partial charge in [0.2, 0.25) is 0 Å². The molecule has 1 N–H and O–H groups in total. The van der Waals surface area contributed by atoms with Crippen LogP contribution in [0.2, 0.25) is 10.0 Å². The second-order valence-corrected chi connectivity index (χ2v) is 6.36. The minimum absolute atomic E-state index is 0.0422. The number of amides is 1. The van der Waals surface area contributed by atoms with Gasteiger partial charge in [-0.15, -0.1) is 0 Å². The average Bonchev–Trinajstić information content (AvgIpc) is 2.98. The molecule has 140 valence electrons. The number of aromatic nitrogens is 2. The summed E-state index contributed by atoms with van der Waals surface area (Å²) in [5.74, 6) is -0.589. The Kier molecular flexibility index (Phi) is 5.62. The summed E-state index contributed by atoms with van der Waals surface area (Å²) in [4.78, 5) is 12.5. The molecule has 0 aliphatic heterocycles. The number of halogens is 4. The minimum Gasteiger partial charge on any atom is -0.433 e. The van der Waals surface area contributed by atoms with Crippen molar-refractivity contribution in [2.24, 2.45) is 0 Å². The maximum absolute atomic E-state index is 12.5. The van der Waals surface area contributed by atoms with E-state index in [0.29, 0.717) is 22.0 Å². The fourth-order valence-electron chi connectivity index (χ4n) is 2.47. The predicted molar refractivity (Wildman–Crippen MR) is 99.3 cm³/mol. The number of alkyl halides is 2. The Morgan fingerprint density at radius 1 is 1.22 bits per heavy atom. The van der Waals surface area contributed by atoms with Crippen LogP contribution in [0.15, 0.2) is 48.7 Å². The first-order valence-corrected chi connectivity index (χ1v) is 8.47. The minimum atomic E-state index is -2.98. The van der Waals surface area contributed by atoms with E-state index in [9.17, 15) is 13.6 Å². The predicted octanol–water partition coefficient (Wildman–Crippen LogP) is 5.34. The number of nitrogens with one attached hydrogen (secondary N) is 1. The summed E-state index contributed by atoms with van der Waals surface area (Å²) in [6, 6.07) is 11.1. The highest BCUT2D eigenvalue weighted by Crippen LogP contribution is 2.29. The van der Waals surface area contributed by atoms with Crippen LogP contribution in [0.4, 0.5) is 14.5 Å². The van der Waals surface area contributed by atoms with Gasteiger partial charge in [0.25, 0.3) is 5.91 Å². The molecule has 0 spiro atoms. The van der Waals surface area contributed by atoms with Crippen molar-refractivity contribution >= 4 is 34.8 Å². The summed E-state index contributed by atoms with van der Waals surface area (Å²) in [6.45, 7) is -1.24. The van der Waals surface area contributed by atoms with E-state index in [1.807, 2.05) is 6.07 Å². The zero-order valence-corrected chi connectivity index (χ0v) is 15.4. The van der Waals surface area contributed by atoms with Gasteiger partial charge in [-0.1, -0.05) is 29.3 Å². The van der Waals surface area contributed by atoms with E-state index >= 15 is 0 Å². The van der Waals surface area contributed by atoms with Crippen LogP contribution in [0.1, 0.15) is 16.1 Å². The number of nitrogens with zero attached hydrogens (tertiary/aromatic N) is 2. The van der Waals surface area contributed by atoms with E-state index in [-0.39, 0.29) is 10.8 Å². The van der Waals surface area contributed by atoms with Crippen LogP contribution in [0.3, 0.4) is 0 Å². The van der Waals surface area contributed by atoms with Crippen LogP contribution >= 0.6 is 23.2 Å². The van der Waals surface area contributed by atoms with Gasteiger partial charge in [-0.3, -0.25) is 4.79 Å². The van der Waals surface area contributed by atoms with Crippen molar-refractivity contribution in [3.63, 3.8) is 0 Å². The highest BCUT2D eigenvalue weighted by atomic mass is 35.5. The molecule has 0 radical (unpaired) electrons. The van der Waals surface area contributed by atoms with Gasteiger partial charge in [-0.25, -0.2) is 4.68 Å². The summed E-state index contributed by atoms with van der Waals surface area (Å²) in [5, 5.41) is 7.38. The summed E-state index contributed by atoms with van der Waals surface area (Å²) >= 11 is 11.9. The van der Waals surface area contributed by atoms with Crippen molar-refractivity contribution in [1.29, 1.82) is 0 Å². The molecule has 3 aromatic rings. The summed E-state index contributed by atoms with van der Waals surface area (Å²) in [7, 11) is 0. The van der Waals surface area contributed by atoms with Crippen molar-refractivity contribution in [1.82, 2.24) is 9.78 Å². The third-order valence-corrected chi connectivity index (χ3v) is 4.24. The van der Waals surface area contributed by atoms with Crippen LogP contribution in [0.5, 0.6) is 5.75 Å². The molecule has 0 unspecified atom stereocenters. The summed E-state index contributed by atoms with van der Waals surface area (Å²) in [6.07, 6.45) is 1.43. The van der Waals surface area contributed by atoms with Crippen LogP contribution < -0.4 is 10.1 Å². The molecule has 2 aromatic carbocycles. The quantitative estimate of drug-likeness (QED) is 0.616. The number of rotatable bonds is 5. The lowest BCUT2D eigenvalue weighted by atomic mass is 10.2. The Balaban J connectivity index is 1.80. The normalized spacial score (nSPS) is 10.9. The Bertz CT molecular complexity index is 992. The van der Waals surface area contributed by atoms with E-state index in [2.05, 4.69) is 15.2 Å². The van der Waals surface area contributed by atoms with Gasteiger partial charge in [0.1, 0.15) is 5.75 Å². The largest absolute Gasteiger partial charge is 0.433 e. The summed E-state index contributed by atoms with van der Waals surface area (Å²) < 4.78 is 30.4. The third kappa shape index (κ3) is 4.37. The molecule has 3 rings (SSSR count). The van der Waals surface area contributed by atoms with Gasteiger partial charge in [0.05, 0.1) is 28.2 Å². The Morgan fingerprint density at radius 3 is 2.67 bits per heavy atom. The first kappa shape index (κ1) is 19.1. The van der Waals surface area contributed by atoms with E-state index in [1.165, 1.54) is 24.4 Å². The highest BCUT2D eigenvalue weighted by Gasteiger charge is 2.16. The lowest BCUT2D eigenvalue weighted by Gasteiger charge is -2.10. The number of carbonyl (C=O) groups is 1. The van der Waals surface area contributed by atoms with Crippen molar-refractivity contribution in [3.8, 4) is 11.4 Å². The first-order valence-electron chi connectivity index (χ1n) is 7.71. The molecule has 27 heavy (non-hydrogen) atoms. The van der Waals surface area contributed by atoms with E-state index < -0.39 is 12.5 Å². The molecular formula is C18H13Cl2F2N3O2. The van der Waals surface area contributed by atoms with Crippen molar-refractivity contribution < 1.29 is 18.3 Å². The van der Waals surface area contributed by atoms with Crippen molar-refractivity contribution in [3.05, 3.63) is 70.0 Å². The highest BCUT2D eigenvalue weighted by molar-refractivity contribution is 6.32. The van der Waals surface area contributed by atoms with E-state index in [0.717, 1.165) is 5.69 Å². The lowest BCUT2D eigenvalue weighted by Crippen LogP contribution is -2.13. The molecule has 1 amide bonds. The maximum Gasteiger partial charge on any atom is 0.387 e. The molecule has 1 heterocycles. The number of ether oxygens (including phenoxy) is 1. The number of anilines is 1. The first-order chi connectivity index (χ1) is 12.8. The summed E-state index contributed by atoms with van der Waals surface area (Å²) in [5.41, 5.74) is 2.01. The van der Waals surface area contributed by atoms with Crippen LogP contribution in [0.25, 0.3) is 5.69 Å². The third-order valence-electron chi connectivity index (χ3n) is 3.71. The van der Waals surface area contributed by atoms with Crippen molar-refractivity contribution in [2.75, 3.05) is 5.32 Å². The number of benzene rings is 2. The number of hydrogen-bond donors (Lipinski definition) is 1. The molecule has 0 fully saturated rings. The molecule has 0 bridgehead atoms. The van der Waals surface area contributed by atoms with Gasteiger partial charge in [-0.2, -0.15) is 13.9 Å². The molecular weight excluding hydrogens is 399 g/mol. The molecule has 5 nitrogen and oxygen atoms in total. The number of carbonyl (C=O) groups excluding carboxylic acids is 1. The molecule has 0 atom stereocenters. The Labute approximate surface area is 163 Å². The molecule has 0 saturated heterocycles. The lowest BCUT2D eigenvalue weighted by molar-refractivity contribution is -0.0497. The Hall–Kier alpha value is -2.64. The topological polar surface area (TPSA) is 56.1 Å². The zero-order valence-electron chi connectivity index (χ0n) is 13.9. The molecule has 0 aliphatic carbocycles. The average molecular weight is 412 g/mol. The van der Waals surface area contributed by atoms with Gasteiger partial charge >= 0.3 is 6.61 Å². The van der Waals surface area contributed by atoms with Gasteiger partial charge < -0.3 is 10.1 Å². The SMILES string of the molecule is Cc1c(C(=O)Nc2ccc(OC(F)F)c(Cl)c2)cnn1-c1cccc(Cl)c1. The fraction of sp³-hybridized carbons (Fsp3) is 0.111. The molecule has 1 aromatic heterocycles. The Morgan fingerprint density at radius 2 is 2.00 bits per heavy atom. The van der Waals surface area contributed by atoms with E-state index in [1.54, 1.807) is 29.8 Å². The van der Waals surface area contributed by atoms with Crippen molar-refractivity contribution in [2.45, 2.75) is 13.5 Å². The second kappa shape index (κ2) is 7.94. The smallest absolute Gasteiger partial charge is 0.387 e. The van der Waals surface area contributed by atoms with Crippen LogP contribution in [0, 0.1) is 6.92 Å². The van der Waals surface area contributed by atoms with Gasteiger partial charge in [0, 0.05) is 10.7 Å². The van der Waals surface area contributed by atoms with Crippen LogP contribution in [-0.2, 0) is 0 Å². The van der Waals surface area contributed by atoms with Gasteiger partial charge in [-0.05, 0) is 43.3 Å². The second-order valence-electron chi connectivity index (χ2n) is 5.51. The number of hydrogen-bond acceptors (Lipinski definition) is 3. The van der Waals surface area contributed by atoms with Gasteiger partial charge in [0.15, 0.2) is 0 Å². The molecule has 0 aliphatic rings. The molecule has 0 saturated carbocycles. The zero-order chi connectivity index (χ0) is 19.6. The van der Waals surface area contributed by atoms with E-state index in [4.69, 9.17) is 23.2 Å². The monoisotopic (exact) mass is 411 g/mol.